The summed E-state index contributed by atoms with van der Waals surface area (Å²) in [5.74, 6) is 1.02. The van der Waals surface area contributed by atoms with Crippen LogP contribution in [-0.2, 0) is 16.3 Å². The molecule has 160 valence electrons. The number of sulfone groups is 1. The number of halogens is 2. The molecule has 0 atom stereocenters. The Labute approximate surface area is 188 Å². The highest BCUT2D eigenvalue weighted by Gasteiger charge is 2.06. The van der Waals surface area contributed by atoms with Crippen molar-refractivity contribution in [3.63, 3.8) is 0 Å². The fourth-order valence-electron chi connectivity index (χ4n) is 2.45. The third-order valence-electron chi connectivity index (χ3n) is 3.82. The van der Waals surface area contributed by atoms with Crippen molar-refractivity contribution in [2.45, 2.75) is 18.2 Å². The Kier molecular flexibility index (Phi) is 11.0. The van der Waals surface area contributed by atoms with Gasteiger partial charge in [0.15, 0.2) is 15.8 Å². The van der Waals surface area contributed by atoms with Gasteiger partial charge in [-0.05, 0) is 55.3 Å². The maximum atomic E-state index is 13.2. The molecule has 0 aliphatic carbocycles. The van der Waals surface area contributed by atoms with Gasteiger partial charge in [0.1, 0.15) is 18.2 Å². The van der Waals surface area contributed by atoms with E-state index in [1.54, 1.807) is 18.2 Å². The second kappa shape index (κ2) is 12.6. The highest BCUT2D eigenvalue weighted by Crippen LogP contribution is 2.15. The van der Waals surface area contributed by atoms with Gasteiger partial charge in [-0.25, -0.2) is 12.8 Å². The van der Waals surface area contributed by atoms with Gasteiger partial charge in [0.05, 0.1) is 11.4 Å². The molecule has 0 radical (unpaired) electrons. The number of nitrogens with one attached hydrogen (secondary N) is 2. The molecule has 9 heteroatoms. The van der Waals surface area contributed by atoms with Crippen LogP contribution in [0.1, 0.15) is 12.5 Å². The molecule has 2 aromatic rings. The van der Waals surface area contributed by atoms with E-state index in [9.17, 15) is 12.8 Å². The quantitative estimate of drug-likeness (QED) is 0.224. The van der Waals surface area contributed by atoms with Crippen molar-refractivity contribution in [3.8, 4) is 5.75 Å². The van der Waals surface area contributed by atoms with Crippen LogP contribution in [0.5, 0.6) is 5.75 Å². The summed E-state index contributed by atoms with van der Waals surface area (Å²) in [5.41, 5.74) is 0.903. The van der Waals surface area contributed by atoms with Gasteiger partial charge >= 0.3 is 0 Å². The number of hydrogen-bond donors (Lipinski definition) is 2. The fourth-order valence-corrected chi connectivity index (χ4v) is 3.08. The van der Waals surface area contributed by atoms with Crippen LogP contribution >= 0.6 is 24.0 Å². The van der Waals surface area contributed by atoms with Crippen molar-refractivity contribution in [3.05, 3.63) is 59.9 Å². The lowest BCUT2D eigenvalue weighted by Crippen LogP contribution is -2.39. The van der Waals surface area contributed by atoms with Gasteiger partial charge in [0.2, 0.25) is 0 Å². The average molecular weight is 535 g/mol. The standard InChI is InChI=1S/C20H26FN3O3S.HI/c1-3-22-20(23-12-11-16-5-4-6-17(21)15-16)24-13-14-27-18-7-9-19(10-8-18)28(2,25)26;/h4-10,15H,3,11-14H2,1-2H3,(H2,22,23,24);1H. The molecule has 0 unspecified atom stereocenters. The van der Waals surface area contributed by atoms with Crippen LogP contribution < -0.4 is 15.4 Å². The van der Waals surface area contributed by atoms with Crippen molar-refractivity contribution in [1.82, 2.24) is 10.6 Å². The number of ether oxygens (including phenoxy) is 1. The lowest BCUT2D eigenvalue weighted by Gasteiger charge is -2.12. The smallest absolute Gasteiger partial charge is 0.191 e. The number of guanidine groups is 1. The van der Waals surface area contributed by atoms with Gasteiger partial charge < -0.3 is 15.4 Å². The minimum absolute atomic E-state index is 0. The van der Waals surface area contributed by atoms with Crippen LogP contribution in [0.4, 0.5) is 4.39 Å². The first kappa shape index (κ1) is 25.2. The molecule has 0 saturated carbocycles. The Morgan fingerprint density at radius 3 is 2.48 bits per heavy atom. The van der Waals surface area contributed by atoms with E-state index in [-0.39, 0.29) is 34.7 Å². The van der Waals surface area contributed by atoms with E-state index >= 15 is 0 Å². The van der Waals surface area contributed by atoms with Gasteiger partial charge in [-0.2, -0.15) is 0 Å². The maximum absolute atomic E-state index is 13.2. The first-order chi connectivity index (χ1) is 13.4. The molecule has 0 fully saturated rings. The molecule has 0 heterocycles. The lowest BCUT2D eigenvalue weighted by atomic mass is 10.1. The second-order valence-electron chi connectivity index (χ2n) is 6.16. The molecule has 0 aliphatic rings. The molecule has 0 saturated heterocycles. The molecule has 6 nitrogen and oxygen atoms in total. The zero-order valence-electron chi connectivity index (χ0n) is 16.5. The van der Waals surface area contributed by atoms with E-state index in [1.165, 1.54) is 30.5 Å². The van der Waals surface area contributed by atoms with E-state index in [0.29, 0.717) is 37.8 Å². The molecule has 0 spiro atoms. The lowest BCUT2D eigenvalue weighted by molar-refractivity contribution is 0.321. The van der Waals surface area contributed by atoms with Gasteiger partial charge in [0, 0.05) is 19.3 Å². The predicted molar refractivity (Wildman–Crippen MR) is 125 cm³/mol. The molecule has 0 aromatic heterocycles. The molecule has 0 amide bonds. The molecular weight excluding hydrogens is 508 g/mol. The number of benzene rings is 2. The van der Waals surface area contributed by atoms with Crippen molar-refractivity contribution < 1.29 is 17.5 Å². The highest BCUT2D eigenvalue weighted by molar-refractivity contribution is 14.0. The van der Waals surface area contributed by atoms with E-state index < -0.39 is 9.84 Å². The maximum Gasteiger partial charge on any atom is 0.191 e. The van der Waals surface area contributed by atoms with Crippen LogP contribution in [0.15, 0.2) is 58.4 Å². The highest BCUT2D eigenvalue weighted by atomic mass is 127. The first-order valence-corrected chi connectivity index (χ1v) is 11.0. The summed E-state index contributed by atoms with van der Waals surface area (Å²) >= 11 is 0. The third kappa shape index (κ3) is 9.44. The van der Waals surface area contributed by atoms with E-state index in [1.807, 2.05) is 13.0 Å². The predicted octanol–water partition coefficient (Wildman–Crippen LogP) is 3.02. The summed E-state index contributed by atoms with van der Waals surface area (Å²) < 4.78 is 41.7. The summed E-state index contributed by atoms with van der Waals surface area (Å²) in [6.07, 6.45) is 1.82. The Bertz CT molecular complexity index is 890. The van der Waals surface area contributed by atoms with Crippen molar-refractivity contribution in [2.75, 3.05) is 32.5 Å². The Hall–Kier alpha value is -1.88. The molecule has 2 rings (SSSR count). The summed E-state index contributed by atoms with van der Waals surface area (Å²) in [4.78, 5) is 4.73. The van der Waals surface area contributed by atoms with Crippen LogP contribution in [0.2, 0.25) is 0 Å². The molecule has 2 aromatic carbocycles. The topological polar surface area (TPSA) is 79.8 Å². The number of rotatable bonds is 9. The monoisotopic (exact) mass is 535 g/mol. The molecule has 0 aliphatic heterocycles. The summed E-state index contributed by atoms with van der Waals surface area (Å²) in [5, 5.41) is 6.31. The van der Waals surface area contributed by atoms with Crippen LogP contribution in [0.3, 0.4) is 0 Å². The zero-order valence-corrected chi connectivity index (χ0v) is 19.7. The SMILES string of the molecule is CCNC(=NCCc1cccc(F)c1)NCCOc1ccc(S(C)(=O)=O)cc1.I. The van der Waals surface area contributed by atoms with Gasteiger partial charge in [-0.1, -0.05) is 12.1 Å². The largest absolute Gasteiger partial charge is 0.492 e. The molecule has 2 N–H and O–H groups in total. The van der Waals surface area contributed by atoms with Crippen molar-refractivity contribution in [1.29, 1.82) is 0 Å². The summed E-state index contributed by atoms with van der Waals surface area (Å²) in [6.45, 7) is 4.15. The molecule has 29 heavy (non-hydrogen) atoms. The Morgan fingerprint density at radius 1 is 1.14 bits per heavy atom. The van der Waals surface area contributed by atoms with Gasteiger partial charge in [-0.15, -0.1) is 24.0 Å². The Morgan fingerprint density at radius 2 is 1.86 bits per heavy atom. The second-order valence-corrected chi connectivity index (χ2v) is 8.18. The van der Waals surface area contributed by atoms with E-state index in [4.69, 9.17) is 4.74 Å². The van der Waals surface area contributed by atoms with Crippen molar-refractivity contribution >= 4 is 39.8 Å². The first-order valence-electron chi connectivity index (χ1n) is 9.08. The third-order valence-corrected chi connectivity index (χ3v) is 4.95. The number of hydrogen-bond acceptors (Lipinski definition) is 4. The minimum Gasteiger partial charge on any atom is -0.492 e. The normalized spacial score (nSPS) is 11.5. The Balaban J connectivity index is 0.00000420. The zero-order chi connectivity index (χ0) is 20.4. The molecular formula is C20H27FIN3O3S. The van der Waals surface area contributed by atoms with Crippen LogP contribution in [-0.4, -0.2) is 46.9 Å². The van der Waals surface area contributed by atoms with E-state index in [0.717, 1.165) is 12.1 Å². The average Bonchev–Trinajstić information content (AvgIpc) is 2.65. The number of nitrogens with zero attached hydrogens (tertiary/aromatic N) is 1. The summed E-state index contributed by atoms with van der Waals surface area (Å²) in [7, 11) is -3.21. The summed E-state index contributed by atoms with van der Waals surface area (Å²) in [6, 6.07) is 12.8. The fraction of sp³-hybridized carbons (Fsp3) is 0.350. The molecule has 0 bridgehead atoms. The van der Waals surface area contributed by atoms with Gasteiger partial charge in [-0.3, -0.25) is 4.99 Å². The van der Waals surface area contributed by atoms with Gasteiger partial charge in [0.25, 0.3) is 0 Å². The van der Waals surface area contributed by atoms with Crippen LogP contribution in [0.25, 0.3) is 0 Å². The number of aliphatic imine (C=N–C) groups is 1. The van der Waals surface area contributed by atoms with Crippen LogP contribution in [0, 0.1) is 5.82 Å². The van der Waals surface area contributed by atoms with Crippen molar-refractivity contribution in [2.24, 2.45) is 4.99 Å². The van der Waals surface area contributed by atoms with E-state index in [2.05, 4.69) is 15.6 Å². The minimum atomic E-state index is -3.21.